The molecule has 32 heavy (non-hydrogen) atoms. The molecule has 0 saturated carbocycles. The molecule has 1 fully saturated rings. The summed E-state index contributed by atoms with van der Waals surface area (Å²) in [5, 5.41) is 0. The van der Waals surface area contributed by atoms with Crippen molar-refractivity contribution in [1.29, 1.82) is 0 Å². The highest BCUT2D eigenvalue weighted by atomic mass is 19.4. The fraction of sp³-hybridized carbons (Fsp3) is 0.375. The predicted molar refractivity (Wildman–Crippen MR) is 118 cm³/mol. The van der Waals surface area contributed by atoms with Gasteiger partial charge < -0.3 is 19.3 Å². The van der Waals surface area contributed by atoms with E-state index in [1.165, 1.54) is 12.1 Å². The first kappa shape index (κ1) is 23.5. The molecular formula is C24H27F3N2O3. The molecule has 0 radical (unpaired) electrons. The van der Waals surface area contributed by atoms with Crippen LogP contribution in [-0.2, 0) is 11.0 Å². The maximum Gasteiger partial charge on any atom is 0.416 e. The van der Waals surface area contributed by atoms with Gasteiger partial charge in [0.15, 0.2) is 11.5 Å². The molecule has 3 rings (SSSR count). The van der Waals surface area contributed by atoms with Gasteiger partial charge >= 0.3 is 6.18 Å². The number of piperazine rings is 1. The van der Waals surface area contributed by atoms with Crippen LogP contribution in [0.2, 0.25) is 0 Å². The number of benzene rings is 2. The molecule has 0 bridgehead atoms. The molecule has 1 aliphatic heterocycles. The van der Waals surface area contributed by atoms with Crippen LogP contribution in [-0.4, -0.2) is 50.7 Å². The fourth-order valence-corrected chi connectivity index (χ4v) is 3.46. The van der Waals surface area contributed by atoms with Crippen molar-refractivity contribution in [3.05, 3.63) is 59.7 Å². The first-order valence-corrected chi connectivity index (χ1v) is 10.5. The highest BCUT2D eigenvalue weighted by Gasteiger charge is 2.31. The number of amides is 1. The Labute approximate surface area is 186 Å². The van der Waals surface area contributed by atoms with Crippen LogP contribution >= 0.6 is 0 Å². The smallest absolute Gasteiger partial charge is 0.416 e. The Morgan fingerprint density at radius 1 is 1.06 bits per heavy atom. The fourth-order valence-electron chi connectivity index (χ4n) is 3.46. The van der Waals surface area contributed by atoms with Gasteiger partial charge in [0.25, 0.3) is 0 Å². The van der Waals surface area contributed by atoms with Gasteiger partial charge in [-0.15, -0.1) is 0 Å². The summed E-state index contributed by atoms with van der Waals surface area (Å²) < 4.78 is 49.9. The summed E-state index contributed by atoms with van der Waals surface area (Å²) in [4.78, 5) is 16.1. The van der Waals surface area contributed by atoms with Gasteiger partial charge in [0.1, 0.15) is 0 Å². The van der Waals surface area contributed by atoms with Crippen molar-refractivity contribution in [2.24, 2.45) is 0 Å². The number of hydrogen-bond acceptors (Lipinski definition) is 4. The number of ether oxygens (including phenoxy) is 2. The molecule has 172 valence electrons. The van der Waals surface area contributed by atoms with Crippen LogP contribution in [0.15, 0.2) is 48.5 Å². The van der Waals surface area contributed by atoms with Crippen LogP contribution in [0.25, 0.3) is 6.08 Å². The molecule has 0 unspecified atom stereocenters. The molecule has 2 aromatic carbocycles. The molecule has 0 atom stereocenters. The lowest BCUT2D eigenvalue weighted by atomic mass is 10.1. The predicted octanol–water partition coefficient (Wildman–Crippen LogP) is 4.86. The number of carbonyl (C=O) groups excluding carboxylic acids is 1. The summed E-state index contributed by atoms with van der Waals surface area (Å²) in [5.41, 5.74) is 0.652. The zero-order valence-electron chi connectivity index (χ0n) is 18.2. The number of halogens is 3. The third-order valence-corrected chi connectivity index (χ3v) is 5.20. The van der Waals surface area contributed by atoms with Gasteiger partial charge in [-0.25, -0.2) is 0 Å². The van der Waals surface area contributed by atoms with E-state index in [0.717, 1.165) is 24.1 Å². The lowest BCUT2D eigenvalue weighted by Gasteiger charge is -2.35. The van der Waals surface area contributed by atoms with Crippen LogP contribution in [0, 0.1) is 0 Å². The lowest BCUT2D eigenvalue weighted by molar-refractivity contribution is -0.137. The summed E-state index contributed by atoms with van der Waals surface area (Å²) in [6.45, 7) is 4.43. The zero-order valence-corrected chi connectivity index (χ0v) is 18.2. The van der Waals surface area contributed by atoms with Gasteiger partial charge in [0.2, 0.25) is 5.91 Å². The van der Waals surface area contributed by atoms with E-state index in [1.54, 1.807) is 30.2 Å². The van der Waals surface area contributed by atoms with Gasteiger partial charge in [0, 0.05) is 37.9 Å². The van der Waals surface area contributed by atoms with Crippen molar-refractivity contribution < 1.29 is 27.4 Å². The Morgan fingerprint density at radius 3 is 2.47 bits per heavy atom. The van der Waals surface area contributed by atoms with Crippen LogP contribution in [0.4, 0.5) is 18.9 Å². The first-order chi connectivity index (χ1) is 15.3. The number of hydrogen-bond donors (Lipinski definition) is 0. The van der Waals surface area contributed by atoms with Crippen molar-refractivity contribution in [1.82, 2.24) is 4.90 Å². The molecule has 1 aliphatic rings. The van der Waals surface area contributed by atoms with E-state index in [-0.39, 0.29) is 5.91 Å². The average molecular weight is 448 g/mol. The summed E-state index contributed by atoms with van der Waals surface area (Å²) in [5.74, 6) is 1.12. The van der Waals surface area contributed by atoms with Crippen molar-refractivity contribution in [3.8, 4) is 11.5 Å². The molecule has 8 heteroatoms. The van der Waals surface area contributed by atoms with E-state index in [4.69, 9.17) is 9.47 Å². The minimum atomic E-state index is -4.37. The summed E-state index contributed by atoms with van der Waals surface area (Å²) >= 11 is 0. The number of carbonyl (C=O) groups is 1. The highest BCUT2D eigenvalue weighted by molar-refractivity contribution is 5.92. The molecule has 5 nitrogen and oxygen atoms in total. The van der Waals surface area contributed by atoms with E-state index < -0.39 is 11.7 Å². The van der Waals surface area contributed by atoms with E-state index in [9.17, 15) is 18.0 Å². The largest absolute Gasteiger partial charge is 0.493 e. The quantitative estimate of drug-likeness (QED) is 0.567. The minimum absolute atomic E-state index is 0.140. The van der Waals surface area contributed by atoms with Gasteiger partial charge in [-0.1, -0.05) is 19.1 Å². The first-order valence-electron chi connectivity index (χ1n) is 10.5. The Morgan fingerprint density at radius 2 is 1.81 bits per heavy atom. The monoisotopic (exact) mass is 448 g/mol. The van der Waals surface area contributed by atoms with Gasteiger partial charge in [-0.2, -0.15) is 13.2 Å². The van der Waals surface area contributed by atoms with Crippen molar-refractivity contribution in [3.63, 3.8) is 0 Å². The number of anilines is 1. The molecular weight excluding hydrogens is 421 g/mol. The number of methoxy groups -OCH3 is 1. The Bertz CT molecular complexity index is 952. The molecule has 1 heterocycles. The number of rotatable bonds is 7. The third-order valence-electron chi connectivity index (χ3n) is 5.20. The molecule has 1 saturated heterocycles. The van der Waals surface area contributed by atoms with E-state index in [2.05, 4.69) is 0 Å². The van der Waals surface area contributed by atoms with Crippen LogP contribution in [0.3, 0.4) is 0 Å². The number of alkyl halides is 3. The molecule has 0 aliphatic carbocycles. The number of nitrogens with zero attached hydrogens (tertiary/aromatic N) is 2. The van der Waals surface area contributed by atoms with E-state index >= 15 is 0 Å². The van der Waals surface area contributed by atoms with Crippen LogP contribution < -0.4 is 14.4 Å². The van der Waals surface area contributed by atoms with E-state index in [0.29, 0.717) is 50.0 Å². The van der Waals surface area contributed by atoms with Gasteiger partial charge in [-0.05, 0) is 48.4 Å². The second-order valence-electron chi connectivity index (χ2n) is 7.45. The lowest BCUT2D eigenvalue weighted by Crippen LogP contribution is -2.48. The second kappa shape index (κ2) is 10.4. The summed E-state index contributed by atoms with van der Waals surface area (Å²) in [6, 6.07) is 10.7. The Kier molecular flexibility index (Phi) is 7.66. The zero-order chi connectivity index (χ0) is 23.1. The van der Waals surface area contributed by atoms with E-state index in [1.807, 2.05) is 24.0 Å². The molecule has 1 amide bonds. The van der Waals surface area contributed by atoms with Crippen molar-refractivity contribution in [2.75, 3.05) is 44.8 Å². The van der Waals surface area contributed by atoms with Crippen molar-refractivity contribution >= 4 is 17.7 Å². The maximum atomic E-state index is 13.0. The SMILES string of the molecule is CCCOc1ccc(C=CC(=O)N2CCN(c3cccc(C(F)(F)F)c3)CC2)cc1OC. The minimum Gasteiger partial charge on any atom is -0.493 e. The van der Waals surface area contributed by atoms with Gasteiger partial charge in [-0.3, -0.25) is 4.79 Å². The van der Waals surface area contributed by atoms with Crippen LogP contribution in [0.5, 0.6) is 11.5 Å². The topological polar surface area (TPSA) is 42.0 Å². The third kappa shape index (κ3) is 5.96. The summed E-state index contributed by atoms with van der Waals surface area (Å²) in [6.07, 6.45) is -0.267. The second-order valence-corrected chi connectivity index (χ2v) is 7.45. The molecule has 0 spiro atoms. The molecule has 0 N–H and O–H groups in total. The Balaban J connectivity index is 1.58. The maximum absolute atomic E-state index is 13.0. The molecule has 2 aromatic rings. The standard InChI is InChI=1S/C24H27F3N2O3/c1-3-15-32-21-9-7-18(16-22(21)31-2)8-10-23(30)29-13-11-28(12-14-29)20-6-4-5-19(17-20)24(25,26)27/h4-10,16-17H,3,11-15H2,1-2H3. The molecule has 0 aromatic heterocycles. The normalized spacial score (nSPS) is 14.7. The Hall–Kier alpha value is -3.16. The highest BCUT2D eigenvalue weighted by Crippen LogP contribution is 2.32. The van der Waals surface area contributed by atoms with Crippen LogP contribution in [0.1, 0.15) is 24.5 Å². The van der Waals surface area contributed by atoms with Gasteiger partial charge in [0.05, 0.1) is 19.3 Å². The van der Waals surface area contributed by atoms with Crippen molar-refractivity contribution in [2.45, 2.75) is 19.5 Å². The summed E-state index contributed by atoms with van der Waals surface area (Å²) in [7, 11) is 1.57. The average Bonchev–Trinajstić information content (AvgIpc) is 2.81.